The van der Waals surface area contributed by atoms with E-state index in [4.69, 9.17) is 4.42 Å². The normalized spacial score (nSPS) is 12.3. The third-order valence-electron chi connectivity index (χ3n) is 2.41. The lowest BCUT2D eigenvalue weighted by Crippen LogP contribution is -2.25. The molecule has 17 heavy (non-hydrogen) atoms. The van der Waals surface area contributed by atoms with Gasteiger partial charge in [0.15, 0.2) is 0 Å². The molecule has 0 saturated carbocycles. The molecule has 1 atom stereocenters. The Morgan fingerprint density at radius 2 is 2.41 bits per heavy atom. The molecular formula is C12H13NO3S. The molecule has 1 amide bonds. The highest BCUT2D eigenvalue weighted by Gasteiger charge is 2.10. The average molecular weight is 251 g/mol. The first-order valence-electron chi connectivity index (χ1n) is 5.28. The van der Waals surface area contributed by atoms with Crippen molar-refractivity contribution in [2.45, 2.75) is 12.5 Å². The second kappa shape index (κ2) is 5.65. The first kappa shape index (κ1) is 11.9. The van der Waals surface area contributed by atoms with Crippen molar-refractivity contribution >= 4 is 17.2 Å². The molecule has 2 N–H and O–H groups in total. The average Bonchev–Trinajstić information content (AvgIpc) is 3.02. The molecule has 4 nitrogen and oxygen atoms in total. The quantitative estimate of drug-likeness (QED) is 0.856. The zero-order chi connectivity index (χ0) is 12.1. The van der Waals surface area contributed by atoms with E-state index < -0.39 is 6.10 Å². The fourth-order valence-corrected chi connectivity index (χ4v) is 2.16. The van der Waals surface area contributed by atoms with Gasteiger partial charge in [-0.2, -0.15) is 11.3 Å². The van der Waals surface area contributed by atoms with Crippen molar-refractivity contribution in [1.29, 1.82) is 0 Å². The number of aliphatic hydroxyl groups is 1. The van der Waals surface area contributed by atoms with E-state index in [1.807, 2.05) is 16.8 Å². The van der Waals surface area contributed by atoms with Gasteiger partial charge in [-0.25, -0.2) is 0 Å². The molecule has 0 aliphatic carbocycles. The van der Waals surface area contributed by atoms with Gasteiger partial charge in [0.05, 0.1) is 17.9 Å². The van der Waals surface area contributed by atoms with Crippen molar-refractivity contribution < 1.29 is 14.3 Å². The molecule has 2 heterocycles. The van der Waals surface area contributed by atoms with E-state index in [1.54, 1.807) is 17.4 Å². The van der Waals surface area contributed by atoms with Crippen molar-refractivity contribution in [1.82, 2.24) is 5.32 Å². The highest BCUT2D eigenvalue weighted by molar-refractivity contribution is 7.07. The number of aliphatic hydroxyl groups excluding tert-OH is 1. The second-order valence-electron chi connectivity index (χ2n) is 3.63. The fraction of sp³-hybridized carbons (Fsp3) is 0.250. The smallest absolute Gasteiger partial charge is 0.254 e. The van der Waals surface area contributed by atoms with Gasteiger partial charge < -0.3 is 14.8 Å². The third-order valence-corrected chi connectivity index (χ3v) is 3.12. The maximum Gasteiger partial charge on any atom is 0.254 e. The van der Waals surface area contributed by atoms with Crippen LogP contribution in [0.2, 0.25) is 0 Å². The van der Waals surface area contributed by atoms with Gasteiger partial charge in [-0.3, -0.25) is 4.79 Å². The van der Waals surface area contributed by atoms with Crippen LogP contribution in [0.1, 0.15) is 28.4 Å². The molecular weight excluding hydrogens is 238 g/mol. The summed E-state index contributed by atoms with van der Waals surface area (Å²) in [7, 11) is 0. The van der Waals surface area contributed by atoms with Crippen LogP contribution in [-0.2, 0) is 0 Å². The van der Waals surface area contributed by atoms with E-state index in [0.29, 0.717) is 18.5 Å². The molecule has 2 aromatic rings. The van der Waals surface area contributed by atoms with Gasteiger partial charge in [-0.05, 0) is 34.9 Å². The first-order chi connectivity index (χ1) is 8.27. The van der Waals surface area contributed by atoms with E-state index in [-0.39, 0.29) is 5.91 Å². The Labute approximate surface area is 103 Å². The third kappa shape index (κ3) is 3.18. The Bertz CT molecular complexity index is 450. The summed E-state index contributed by atoms with van der Waals surface area (Å²) in [5.74, 6) is -0.184. The van der Waals surface area contributed by atoms with Crippen LogP contribution >= 0.6 is 11.3 Å². The Kier molecular flexibility index (Phi) is 3.95. The van der Waals surface area contributed by atoms with Crippen molar-refractivity contribution in [2.75, 3.05) is 6.54 Å². The summed E-state index contributed by atoms with van der Waals surface area (Å²) in [5.41, 5.74) is 1.39. The van der Waals surface area contributed by atoms with E-state index in [1.165, 1.54) is 12.5 Å². The standard InChI is InChI=1S/C12H13NO3S/c14-11(10-3-6-17-8-10)1-4-13-12(15)9-2-5-16-7-9/h2-3,5-8,11,14H,1,4H2,(H,13,15)/t11-/m1/s1. The molecule has 2 aromatic heterocycles. The topological polar surface area (TPSA) is 62.5 Å². The minimum Gasteiger partial charge on any atom is -0.472 e. The van der Waals surface area contributed by atoms with Crippen LogP contribution in [0.3, 0.4) is 0 Å². The van der Waals surface area contributed by atoms with Gasteiger partial charge >= 0.3 is 0 Å². The number of hydrogen-bond acceptors (Lipinski definition) is 4. The number of hydrogen-bond donors (Lipinski definition) is 2. The summed E-state index contributed by atoms with van der Waals surface area (Å²) in [6.07, 6.45) is 2.82. The summed E-state index contributed by atoms with van der Waals surface area (Å²) in [6, 6.07) is 3.48. The molecule has 0 spiro atoms. The molecule has 2 rings (SSSR count). The van der Waals surface area contributed by atoms with Crippen LogP contribution in [0.4, 0.5) is 0 Å². The number of thiophene rings is 1. The predicted molar refractivity (Wildman–Crippen MR) is 64.9 cm³/mol. The predicted octanol–water partition coefficient (Wildman–Crippen LogP) is 2.19. The molecule has 0 bridgehead atoms. The molecule has 0 saturated heterocycles. The van der Waals surface area contributed by atoms with Crippen LogP contribution < -0.4 is 5.32 Å². The largest absolute Gasteiger partial charge is 0.472 e. The van der Waals surface area contributed by atoms with E-state index >= 15 is 0 Å². The summed E-state index contributed by atoms with van der Waals surface area (Å²) >= 11 is 1.55. The summed E-state index contributed by atoms with van der Waals surface area (Å²) < 4.78 is 4.81. The van der Waals surface area contributed by atoms with Crippen molar-refractivity contribution in [3.8, 4) is 0 Å². The molecule has 90 valence electrons. The summed E-state index contributed by atoms with van der Waals surface area (Å²) in [4.78, 5) is 11.5. The monoisotopic (exact) mass is 251 g/mol. The first-order valence-corrected chi connectivity index (χ1v) is 6.22. The number of rotatable bonds is 5. The van der Waals surface area contributed by atoms with Gasteiger partial charge in [0.1, 0.15) is 6.26 Å². The summed E-state index contributed by atoms with van der Waals surface area (Å²) in [6.45, 7) is 0.432. The lowest BCUT2D eigenvalue weighted by molar-refractivity contribution is 0.0942. The van der Waals surface area contributed by atoms with Gasteiger partial charge in [-0.15, -0.1) is 0 Å². The molecule has 0 unspecified atom stereocenters. The Morgan fingerprint density at radius 1 is 1.53 bits per heavy atom. The highest BCUT2D eigenvalue weighted by atomic mass is 32.1. The van der Waals surface area contributed by atoms with E-state index in [9.17, 15) is 9.90 Å². The van der Waals surface area contributed by atoms with Gasteiger partial charge in [0.25, 0.3) is 5.91 Å². The molecule has 0 aliphatic rings. The SMILES string of the molecule is O=C(NCC[C@@H](O)c1ccsc1)c1ccoc1. The second-order valence-corrected chi connectivity index (χ2v) is 4.41. The highest BCUT2D eigenvalue weighted by Crippen LogP contribution is 2.18. The molecule has 0 radical (unpaired) electrons. The number of carbonyl (C=O) groups excluding carboxylic acids is 1. The fourth-order valence-electron chi connectivity index (χ4n) is 1.45. The maximum absolute atomic E-state index is 11.5. The van der Waals surface area contributed by atoms with E-state index in [0.717, 1.165) is 5.56 Å². The number of nitrogens with one attached hydrogen (secondary N) is 1. The lowest BCUT2D eigenvalue weighted by Gasteiger charge is -2.09. The molecule has 0 aromatic carbocycles. The zero-order valence-corrected chi connectivity index (χ0v) is 9.94. The molecule has 0 aliphatic heterocycles. The molecule has 5 heteroatoms. The number of furan rings is 1. The number of carbonyl (C=O) groups is 1. The van der Waals surface area contributed by atoms with Gasteiger partial charge in [-0.1, -0.05) is 0 Å². The minimum absolute atomic E-state index is 0.184. The Balaban J connectivity index is 1.75. The zero-order valence-electron chi connectivity index (χ0n) is 9.13. The Hall–Kier alpha value is -1.59. The van der Waals surface area contributed by atoms with Crippen LogP contribution in [0.15, 0.2) is 39.8 Å². The van der Waals surface area contributed by atoms with Crippen LogP contribution in [0.5, 0.6) is 0 Å². The van der Waals surface area contributed by atoms with Crippen molar-refractivity contribution in [3.63, 3.8) is 0 Å². The van der Waals surface area contributed by atoms with Gasteiger partial charge in [0, 0.05) is 6.54 Å². The van der Waals surface area contributed by atoms with Crippen LogP contribution in [-0.4, -0.2) is 17.6 Å². The summed E-state index contributed by atoms with van der Waals surface area (Å²) in [5, 5.41) is 16.3. The lowest BCUT2D eigenvalue weighted by atomic mass is 10.1. The molecule has 0 fully saturated rings. The number of amides is 1. The van der Waals surface area contributed by atoms with Crippen LogP contribution in [0.25, 0.3) is 0 Å². The van der Waals surface area contributed by atoms with Gasteiger partial charge in [0.2, 0.25) is 0 Å². The van der Waals surface area contributed by atoms with E-state index in [2.05, 4.69) is 5.32 Å². The minimum atomic E-state index is -0.522. The van der Waals surface area contributed by atoms with Crippen molar-refractivity contribution in [2.24, 2.45) is 0 Å². The maximum atomic E-state index is 11.5. The van der Waals surface area contributed by atoms with Crippen molar-refractivity contribution in [3.05, 3.63) is 46.5 Å². The van der Waals surface area contributed by atoms with Crippen LogP contribution in [0, 0.1) is 0 Å². The Morgan fingerprint density at radius 3 is 3.06 bits per heavy atom.